The highest BCUT2D eigenvalue weighted by molar-refractivity contribution is 7.89. The smallest absolute Gasteiger partial charge is 0.267 e. The summed E-state index contributed by atoms with van der Waals surface area (Å²) in [6.07, 6.45) is 3.48. The number of primary sulfonamides is 1. The van der Waals surface area contributed by atoms with Gasteiger partial charge in [-0.3, -0.25) is 9.00 Å². The molecule has 0 bridgehead atoms. The van der Waals surface area contributed by atoms with Gasteiger partial charge in [0.2, 0.25) is 10.0 Å². The van der Waals surface area contributed by atoms with Gasteiger partial charge in [0.15, 0.2) is 0 Å². The molecule has 1 atom stereocenters. The summed E-state index contributed by atoms with van der Waals surface area (Å²) in [6, 6.07) is 1.22. The average molecular weight is 307 g/mol. The summed E-state index contributed by atoms with van der Waals surface area (Å²) >= 11 is 0. The third kappa shape index (κ3) is 4.77. The highest BCUT2D eigenvalue weighted by Gasteiger charge is 2.16. The van der Waals surface area contributed by atoms with Crippen molar-refractivity contribution in [1.82, 2.24) is 9.88 Å². The summed E-state index contributed by atoms with van der Waals surface area (Å²) in [5.41, 5.74) is 0.210. The third-order valence-electron chi connectivity index (χ3n) is 2.44. The van der Waals surface area contributed by atoms with Crippen LogP contribution in [0.4, 0.5) is 0 Å². The van der Waals surface area contributed by atoms with Gasteiger partial charge in [-0.15, -0.1) is 0 Å². The molecule has 0 saturated heterocycles. The van der Waals surface area contributed by atoms with Gasteiger partial charge in [0.05, 0.1) is 0 Å². The van der Waals surface area contributed by atoms with Crippen molar-refractivity contribution >= 4 is 26.7 Å². The van der Waals surface area contributed by atoms with E-state index in [1.165, 1.54) is 16.8 Å². The first-order valence-electron chi connectivity index (χ1n) is 5.49. The fraction of sp³-hybridized carbons (Fsp3) is 0.500. The molecule has 0 radical (unpaired) electrons. The molecule has 1 aromatic rings. The van der Waals surface area contributed by atoms with E-state index < -0.39 is 20.8 Å². The highest BCUT2D eigenvalue weighted by Crippen LogP contribution is 2.11. The monoisotopic (exact) mass is 307 g/mol. The van der Waals surface area contributed by atoms with Crippen LogP contribution in [0, 0.1) is 0 Å². The molecule has 9 heteroatoms. The zero-order valence-electron chi connectivity index (χ0n) is 10.8. The average Bonchev–Trinajstić information content (AvgIpc) is 2.66. The molecule has 3 N–H and O–H groups in total. The minimum Gasteiger partial charge on any atom is -0.351 e. The van der Waals surface area contributed by atoms with Gasteiger partial charge in [-0.2, -0.15) is 0 Å². The number of hydrogen-bond acceptors (Lipinski definition) is 4. The number of nitrogens with zero attached hydrogens (tertiary/aromatic N) is 1. The van der Waals surface area contributed by atoms with Gasteiger partial charge in [0.25, 0.3) is 5.91 Å². The summed E-state index contributed by atoms with van der Waals surface area (Å²) in [6.45, 7) is 0.383. The number of amides is 1. The van der Waals surface area contributed by atoms with Crippen molar-refractivity contribution < 1.29 is 17.4 Å². The molecule has 7 nitrogen and oxygen atoms in total. The van der Waals surface area contributed by atoms with Crippen LogP contribution in [0.3, 0.4) is 0 Å². The number of nitrogens with one attached hydrogen (secondary N) is 1. The molecule has 19 heavy (non-hydrogen) atoms. The van der Waals surface area contributed by atoms with E-state index in [1.807, 2.05) is 0 Å². The van der Waals surface area contributed by atoms with Gasteiger partial charge in [-0.25, -0.2) is 13.6 Å². The molecule has 1 heterocycles. The molecule has 0 aliphatic rings. The molecule has 1 amide bonds. The molecule has 0 aliphatic heterocycles. The first-order valence-corrected chi connectivity index (χ1v) is 8.76. The number of nitrogens with two attached hydrogens (primary N) is 1. The van der Waals surface area contributed by atoms with Crippen LogP contribution in [-0.4, -0.2) is 41.7 Å². The zero-order chi connectivity index (χ0) is 14.6. The van der Waals surface area contributed by atoms with E-state index >= 15 is 0 Å². The summed E-state index contributed by atoms with van der Waals surface area (Å²) in [7, 11) is -3.14. The third-order valence-corrected chi connectivity index (χ3v) is 4.18. The molecular weight excluding hydrogens is 290 g/mol. The first-order chi connectivity index (χ1) is 8.71. The predicted molar refractivity (Wildman–Crippen MR) is 72.7 cm³/mol. The molecule has 1 rings (SSSR count). The highest BCUT2D eigenvalue weighted by atomic mass is 32.2. The largest absolute Gasteiger partial charge is 0.351 e. The molecule has 108 valence electrons. The second-order valence-corrected chi connectivity index (χ2v) is 7.22. The lowest BCUT2D eigenvalue weighted by atomic mass is 10.4. The van der Waals surface area contributed by atoms with Gasteiger partial charge in [-0.05, 0) is 12.5 Å². The summed E-state index contributed by atoms with van der Waals surface area (Å²) in [5, 5.41) is 7.62. The maximum atomic E-state index is 11.8. The fourth-order valence-electron chi connectivity index (χ4n) is 1.48. The van der Waals surface area contributed by atoms with Crippen molar-refractivity contribution in [2.45, 2.75) is 11.3 Å². The van der Waals surface area contributed by atoms with E-state index in [0.29, 0.717) is 18.7 Å². The minimum absolute atomic E-state index is 0.102. The lowest BCUT2D eigenvalue weighted by Crippen LogP contribution is -2.27. The van der Waals surface area contributed by atoms with E-state index in [9.17, 15) is 17.4 Å². The minimum atomic E-state index is -3.82. The molecule has 0 spiro atoms. The summed E-state index contributed by atoms with van der Waals surface area (Å²) < 4.78 is 34.5. The van der Waals surface area contributed by atoms with Crippen LogP contribution in [0.25, 0.3) is 0 Å². The molecule has 0 aromatic carbocycles. The van der Waals surface area contributed by atoms with Gasteiger partial charge >= 0.3 is 0 Å². The van der Waals surface area contributed by atoms with E-state index in [1.54, 1.807) is 13.3 Å². The van der Waals surface area contributed by atoms with Crippen molar-refractivity contribution in [2.24, 2.45) is 12.2 Å². The van der Waals surface area contributed by atoms with Crippen LogP contribution in [0.2, 0.25) is 0 Å². The Bertz CT molecular complexity index is 592. The van der Waals surface area contributed by atoms with Gasteiger partial charge in [0.1, 0.15) is 10.6 Å². The van der Waals surface area contributed by atoms with E-state index in [4.69, 9.17) is 5.14 Å². The number of hydrogen-bond donors (Lipinski definition) is 2. The van der Waals surface area contributed by atoms with Gasteiger partial charge in [-0.1, -0.05) is 0 Å². The van der Waals surface area contributed by atoms with Crippen LogP contribution >= 0.6 is 0 Å². The lowest BCUT2D eigenvalue weighted by Gasteiger charge is -2.04. The first kappa shape index (κ1) is 15.9. The number of carbonyl (C=O) groups excluding carboxylic acids is 1. The Morgan fingerprint density at radius 1 is 1.53 bits per heavy atom. The Kier molecular flexibility index (Phi) is 5.27. The summed E-state index contributed by atoms with van der Waals surface area (Å²) in [4.78, 5) is 11.7. The number of aryl methyl sites for hydroxylation is 1. The molecule has 0 aliphatic carbocycles. The summed E-state index contributed by atoms with van der Waals surface area (Å²) in [5.74, 6) is 0.120. The Balaban J connectivity index is 2.68. The Labute approximate surface area is 114 Å². The number of rotatable bonds is 6. The van der Waals surface area contributed by atoms with Crippen LogP contribution in [-0.2, 0) is 27.9 Å². The molecule has 1 aromatic heterocycles. The maximum Gasteiger partial charge on any atom is 0.267 e. The van der Waals surface area contributed by atoms with Gasteiger partial charge in [0, 0.05) is 42.6 Å². The molecule has 1 unspecified atom stereocenters. The number of aromatic nitrogens is 1. The standard InChI is InChI=1S/C10H17N3O4S2/c1-13-7-8(19(11,16)17)6-9(13)10(14)12-4-3-5-18(2)15/h6-7H,3-5H2,1-2H3,(H,12,14)(H2,11,16,17). The van der Waals surface area contributed by atoms with Crippen LogP contribution in [0.5, 0.6) is 0 Å². The van der Waals surface area contributed by atoms with E-state index in [0.717, 1.165) is 0 Å². The molecule has 0 saturated carbocycles. The van der Waals surface area contributed by atoms with Crippen molar-refractivity contribution in [2.75, 3.05) is 18.6 Å². The number of carbonyl (C=O) groups is 1. The number of sulfonamides is 1. The second-order valence-electron chi connectivity index (χ2n) is 4.10. The van der Waals surface area contributed by atoms with Crippen molar-refractivity contribution in [3.05, 3.63) is 18.0 Å². The quantitative estimate of drug-likeness (QED) is 0.668. The second kappa shape index (κ2) is 6.31. The fourth-order valence-corrected chi connectivity index (χ4v) is 2.62. The zero-order valence-corrected chi connectivity index (χ0v) is 12.4. The van der Waals surface area contributed by atoms with Crippen LogP contribution in [0.1, 0.15) is 16.9 Å². The van der Waals surface area contributed by atoms with Gasteiger partial charge < -0.3 is 9.88 Å². The molecular formula is C10H17N3O4S2. The molecule has 0 fully saturated rings. The van der Waals surface area contributed by atoms with E-state index in [-0.39, 0.29) is 16.5 Å². The maximum absolute atomic E-state index is 11.8. The van der Waals surface area contributed by atoms with E-state index in [2.05, 4.69) is 5.32 Å². The van der Waals surface area contributed by atoms with Crippen molar-refractivity contribution in [1.29, 1.82) is 0 Å². The van der Waals surface area contributed by atoms with Crippen molar-refractivity contribution in [3.63, 3.8) is 0 Å². The Morgan fingerprint density at radius 2 is 2.16 bits per heavy atom. The van der Waals surface area contributed by atoms with Crippen molar-refractivity contribution in [3.8, 4) is 0 Å². The normalized spacial score (nSPS) is 13.2. The Hall–Kier alpha value is -1.19. The topological polar surface area (TPSA) is 111 Å². The lowest BCUT2D eigenvalue weighted by molar-refractivity contribution is 0.0945. The van der Waals surface area contributed by atoms with Crippen LogP contribution < -0.4 is 10.5 Å². The van der Waals surface area contributed by atoms with Crippen LogP contribution in [0.15, 0.2) is 17.2 Å². The SMILES string of the molecule is Cn1cc(S(N)(=O)=O)cc1C(=O)NCCCS(C)=O. The Morgan fingerprint density at radius 3 is 2.63 bits per heavy atom. The predicted octanol–water partition coefficient (Wildman–Crippen LogP) is -0.829.